The molecule has 0 bridgehead atoms. The largest absolute Gasteiger partial charge is 0.326 e. The van der Waals surface area contributed by atoms with E-state index in [1.807, 2.05) is 42.5 Å². The molecule has 0 aliphatic carbocycles. The van der Waals surface area contributed by atoms with Gasteiger partial charge < -0.3 is 5.32 Å². The predicted molar refractivity (Wildman–Crippen MR) is 105 cm³/mol. The second-order valence-electron chi connectivity index (χ2n) is 6.34. The van der Waals surface area contributed by atoms with Crippen LogP contribution in [0, 0.1) is 0 Å². The van der Waals surface area contributed by atoms with Crippen LogP contribution in [0.1, 0.15) is 12.0 Å². The monoisotopic (exact) mass is 374 g/mol. The van der Waals surface area contributed by atoms with E-state index >= 15 is 0 Å². The normalized spacial score (nSPS) is 10.9. The number of carbonyl (C=O) groups is 1. The van der Waals surface area contributed by atoms with Crippen molar-refractivity contribution in [3.8, 4) is 0 Å². The molecule has 0 fully saturated rings. The van der Waals surface area contributed by atoms with Crippen molar-refractivity contribution in [1.82, 2.24) is 24.5 Å². The van der Waals surface area contributed by atoms with Gasteiger partial charge in [-0.3, -0.25) is 14.3 Å². The van der Waals surface area contributed by atoms with E-state index in [-0.39, 0.29) is 17.8 Å². The van der Waals surface area contributed by atoms with Crippen LogP contribution in [-0.4, -0.2) is 30.5 Å². The number of rotatable bonds is 6. The van der Waals surface area contributed by atoms with Crippen molar-refractivity contribution < 1.29 is 4.79 Å². The van der Waals surface area contributed by atoms with Gasteiger partial charge >= 0.3 is 0 Å². The van der Waals surface area contributed by atoms with E-state index in [9.17, 15) is 9.59 Å². The third-order valence-electron chi connectivity index (χ3n) is 4.36. The fourth-order valence-electron chi connectivity index (χ4n) is 2.96. The highest BCUT2D eigenvalue weighted by Crippen LogP contribution is 2.12. The van der Waals surface area contributed by atoms with Crippen molar-refractivity contribution in [3.63, 3.8) is 0 Å². The maximum Gasteiger partial charge on any atom is 0.226 e. The van der Waals surface area contributed by atoms with Gasteiger partial charge in [-0.25, -0.2) is 9.67 Å². The highest BCUT2D eigenvalue weighted by atomic mass is 16.1. The minimum Gasteiger partial charge on any atom is -0.326 e. The number of carbonyl (C=O) groups excluding carboxylic acids is 1. The molecule has 4 aromatic rings. The zero-order valence-electron chi connectivity index (χ0n) is 15.0. The van der Waals surface area contributed by atoms with Crippen LogP contribution in [-0.2, 0) is 17.9 Å². The molecule has 2 aromatic heterocycles. The molecule has 28 heavy (non-hydrogen) atoms. The van der Waals surface area contributed by atoms with Crippen LogP contribution in [0.2, 0.25) is 0 Å². The average Bonchev–Trinajstić information content (AvgIpc) is 3.22. The molecule has 2 aromatic carbocycles. The van der Waals surface area contributed by atoms with Crippen molar-refractivity contribution in [2.75, 3.05) is 5.32 Å². The number of nitrogens with one attached hydrogen (secondary N) is 1. The topological polar surface area (TPSA) is 94.7 Å². The third-order valence-corrected chi connectivity index (χ3v) is 4.36. The summed E-state index contributed by atoms with van der Waals surface area (Å²) in [7, 11) is 0. The van der Waals surface area contributed by atoms with Crippen LogP contribution in [0.15, 0.2) is 72.2 Å². The number of hydrogen-bond acceptors (Lipinski definition) is 5. The standard InChI is InChI=1S/C20H18N6O2/c27-19-11-22-26(18-4-2-1-3-17(18)19)10-9-20(28)24-16-7-5-15(6-8-16)12-25-14-21-13-23-25/h1-8,11,13-14H,9-10,12H2,(H,24,28). The highest BCUT2D eigenvalue weighted by molar-refractivity contribution is 5.90. The number of amides is 1. The molecule has 1 amide bonds. The Bertz CT molecular complexity index is 1150. The molecular weight excluding hydrogens is 356 g/mol. The van der Waals surface area contributed by atoms with E-state index in [1.165, 1.54) is 12.5 Å². The molecule has 140 valence electrons. The van der Waals surface area contributed by atoms with Crippen molar-refractivity contribution in [3.05, 3.63) is 83.2 Å². The molecule has 8 nitrogen and oxygen atoms in total. The molecule has 0 aliphatic heterocycles. The van der Waals surface area contributed by atoms with Crippen molar-refractivity contribution in [1.29, 1.82) is 0 Å². The maximum atomic E-state index is 12.3. The smallest absolute Gasteiger partial charge is 0.226 e. The quantitative estimate of drug-likeness (QED) is 0.557. The number of aryl methyl sites for hydroxylation is 1. The van der Waals surface area contributed by atoms with Crippen molar-refractivity contribution in [2.24, 2.45) is 0 Å². The van der Waals surface area contributed by atoms with Gasteiger partial charge in [0.2, 0.25) is 11.3 Å². The lowest BCUT2D eigenvalue weighted by atomic mass is 10.2. The maximum absolute atomic E-state index is 12.3. The van der Waals surface area contributed by atoms with Gasteiger partial charge in [-0.1, -0.05) is 24.3 Å². The van der Waals surface area contributed by atoms with E-state index in [0.29, 0.717) is 18.5 Å². The van der Waals surface area contributed by atoms with Gasteiger partial charge in [0, 0.05) is 17.5 Å². The lowest BCUT2D eigenvalue weighted by Gasteiger charge is -2.10. The first-order valence-electron chi connectivity index (χ1n) is 8.85. The van der Waals surface area contributed by atoms with Gasteiger partial charge in [0.25, 0.3) is 0 Å². The van der Waals surface area contributed by atoms with Crippen LogP contribution in [0.3, 0.4) is 0 Å². The van der Waals surface area contributed by atoms with Crippen LogP contribution in [0.5, 0.6) is 0 Å². The number of benzene rings is 2. The Kier molecular flexibility index (Phi) is 4.92. The lowest BCUT2D eigenvalue weighted by molar-refractivity contribution is -0.116. The van der Waals surface area contributed by atoms with Gasteiger partial charge in [-0.15, -0.1) is 0 Å². The van der Waals surface area contributed by atoms with Gasteiger partial charge in [0.1, 0.15) is 12.7 Å². The molecule has 1 N–H and O–H groups in total. The van der Waals surface area contributed by atoms with Crippen molar-refractivity contribution >= 4 is 22.5 Å². The summed E-state index contributed by atoms with van der Waals surface area (Å²) in [5.41, 5.74) is 2.39. The first-order valence-corrected chi connectivity index (χ1v) is 8.85. The summed E-state index contributed by atoms with van der Waals surface area (Å²) in [5, 5.41) is 11.7. The van der Waals surface area contributed by atoms with E-state index in [0.717, 1.165) is 16.8 Å². The van der Waals surface area contributed by atoms with Crippen LogP contribution >= 0.6 is 0 Å². The van der Waals surface area contributed by atoms with Crippen molar-refractivity contribution in [2.45, 2.75) is 19.5 Å². The second kappa shape index (κ2) is 7.83. The fraction of sp³-hybridized carbons (Fsp3) is 0.150. The summed E-state index contributed by atoms with van der Waals surface area (Å²) >= 11 is 0. The highest BCUT2D eigenvalue weighted by Gasteiger charge is 2.07. The minimum atomic E-state index is -0.123. The van der Waals surface area contributed by atoms with Gasteiger partial charge in [-0.05, 0) is 29.8 Å². The number of para-hydroxylation sites is 1. The summed E-state index contributed by atoms with van der Waals surface area (Å²) in [6.07, 6.45) is 4.69. The average molecular weight is 374 g/mol. The molecule has 0 spiro atoms. The lowest BCUT2D eigenvalue weighted by Crippen LogP contribution is -2.18. The molecular formula is C20H18N6O2. The zero-order chi connectivity index (χ0) is 19.3. The summed E-state index contributed by atoms with van der Waals surface area (Å²) in [4.78, 5) is 28.1. The number of anilines is 1. The predicted octanol–water partition coefficient (Wildman–Crippen LogP) is 2.07. The van der Waals surface area contributed by atoms with Gasteiger partial charge in [-0.2, -0.15) is 10.2 Å². The molecule has 0 unspecified atom stereocenters. The molecule has 4 rings (SSSR count). The second-order valence-corrected chi connectivity index (χ2v) is 6.34. The number of hydrogen-bond donors (Lipinski definition) is 1. The molecule has 0 radical (unpaired) electrons. The first kappa shape index (κ1) is 17.6. The Hall–Kier alpha value is -3.81. The summed E-state index contributed by atoms with van der Waals surface area (Å²) < 4.78 is 3.41. The Morgan fingerprint density at radius 3 is 2.64 bits per heavy atom. The summed E-state index contributed by atoms with van der Waals surface area (Å²) in [6.45, 7) is 1.01. The van der Waals surface area contributed by atoms with Crippen LogP contribution in [0.25, 0.3) is 10.9 Å². The molecule has 0 atom stereocenters. The fourth-order valence-corrected chi connectivity index (χ4v) is 2.96. The SMILES string of the molecule is O=C(CCn1ncc(=O)c2ccccc21)Nc1ccc(Cn2cncn2)cc1. The van der Waals surface area contributed by atoms with E-state index in [1.54, 1.807) is 21.8 Å². The number of fused-ring (bicyclic) bond motifs is 1. The minimum absolute atomic E-state index is 0.117. The molecule has 8 heteroatoms. The van der Waals surface area contributed by atoms with E-state index < -0.39 is 0 Å². The van der Waals surface area contributed by atoms with Gasteiger partial charge in [0.15, 0.2) is 0 Å². The summed E-state index contributed by atoms with van der Waals surface area (Å²) in [6, 6.07) is 14.8. The molecule has 0 aliphatic rings. The van der Waals surface area contributed by atoms with Crippen LogP contribution < -0.4 is 10.7 Å². The Balaban J connectivity index is 1.37. The molecule has 0 saturated carbocycles. The summed E-state index contributed by atoms with van der Waals surface area (Å²) in [5.74, 6) is -0.117. The Morgan fingerprint density at radius 2 is 1.86 bits per heavy atom. The van der Waals surface area contributed by atoms with E-state index in [4.69, 9.17) is 0 Å². The number of nitrogens with zero attached hydrogens (tertiary/aromatic N) is 5. The zero-order valence-corrected chi connectivity index (χ0v) is 15.0. The Morgan fingerprint density at radius 1 is 1.04 bits per heavy atom. The van der Waals surface area contributed by atoms with Gasteiger partial charge in [0.05, 0.1) is 24.8 Å². The van der Waals surface area contributed by atoms with Crippen LogP contribution in [0.4, 0.5) is 5.69 Å². The molecule has 2 heterocycles. The number of aromatic nitrogens is 5. The Labute approximate surface area is 160 Å². The first-order chi connectivity index (χ1) is 13.7. The third kappa shape index (κ3) is 3.96. The molecule has 0 saturated heterocycles. The van der Waals surface area contributed by atoms with E-state index in [2.05, 4.69) is 20.5 Å².